The lowest BCUT2D eigenvalue weighted by Crippen LogP contribution is -2.48. The van der Waals surface area contributed by atoms with Crippen LogP contribution in [0, 0.1) is 5.92 Å². The van der Waals surface area contributed by atoms with Gasteiger partial charge in [0.05, 0.1) is 5.56 Å². The average molecular weight is 327 g/mol. The van der Waals surface area contributed by atoms with E-state index in [9.17, 15) is 4.79 Å². The summed E-state index contributed by atoms with van der Waals surface area (Å²) in [6.45, 7) is 10.5. The summed E-state index contributed by atoms with van der Waals surface area (Å²) in [5.74, 6) is 0.127. The van der Waals surface area contributed by atoms with Crippen LogP contribution >= 0.6 is 0 Å². The van der Waals surface area contributed by atoms with Crippen molar-refractivity contribution < 1.29 is 9.53 Å². The van der Waals surface area contributed by atoms with E-state index in [1.165, 1.54) is 5.57 Å². The Balaban J connectivity index is 1.89. The molecule has 0 saturated carbocycles. The van der Waals surface area contributed by atoms with E-state index >= 15 is 0 Å². The van der Waals surface area contributed by atoms with Crippen LogP contribution in [0.2, 0.25) is 0 Å². The maximum atomic E-state index is 12.3. The largest absolute Gasteiger partial charge is 0.458 e. The van der Waals surface area contributed by atoms with Crippen molar-refractivity contribution in [2.24, 2.45) is 5.92 Å². The first-order valence-corrected chi connectivity index (χ1v) is 8.77. The van der Waals surface area contributed by atoms with Crippen LogP contribution < -0.4 is 0 Å². The monoisotopic (exact) mass is 327 g/mol. The molecule has 3 heteroatoms. The van der Waals surface area contributed by atoms with Crippen LogP contribution in [0.5, 0.6) is 0 Å². The summed E-state index contributed by atoms with van der Waals surface area (Å²) >= 11 is 0. The first kappa shape index (κ1) is 18.5. The van der Waals surface area contributed by atoms with Gasteiger partial charge in [0.15, 0.2) is 0 Å². The molecule has 0 aliphatic carbocycles. The molecule has 1 aromatic carbocycles. The summed E-state index contributed by atoms with van der Waals surface area (Å²) in [6, 6.07) is 9.65. The highest BCUT2D eigenvalue weighted by molar-refractivity contribution is 5.89. The number of ether oxygens (including phenoxy) is 1. The SMILES string of the molecule is CC(C)=C/C=C\CN1CC(C)C(OC(=O)c2ccccc2)CC1C. The Morgan fingerprint density at radius 1 is 1.25 bits per heavy atom. The van der Waals surface area contributed by atoms with Crippen LogP contribution in [0.3, 0.4) is 0 Å². The standard InChI is InChI=1S/C21H29NO2/c1-16(2)10-8-9-13-22-15-17(3)20(14-18(22)4)24-21(23)19-11-6-5-7-12-19/h5-12,17-18,20H,13-15H2,1-4H3/b9-8-. The molecule has 1 aromatic rings. The molecule has 3 nitrogen and oxygen atoms in total. The summed E-state index contributed by atoms with van der Waals surface area (Å²) < 4.78 is 5.77. The first-order chi connectivity index (χ1) is 11.5. The van der Waals surface area contributed by atoms with Crippen molar-refractivity contribution in [3.63, 3.8) is 0 Å². The summed E-state index contributed by atoms with van der Waals surface area (Å²) in [4.78, 5) is 14.7. The highest BCUT2D eigenvalue weighted by Crippen LogP contribution is 2.25. The van der Waals surface area contributed by atoms with E-state index in [1.807, 2.05) is 18.2 Å². The third-order valence-electron chi connectivity index (χ3n) is 4.53. The smallest absolute Gasteiger partial charge is 0.338 e. The number of esters is 1. The quantitative estimate of drug-likeness (QED) is 0.590. The number of benzene rings is 1. The molecule has 0 spiro atoms. The first-order valence-electron chi connectivity index (χ1n) is 8.77. The summed E-state index contributed by atoms with van der Waals surface area (Å²) in [6.07, 6.45) is 7.32. The third kappa shape index (κ3) is 5.34. The van der Waals surface area contributed by atoms with Crippen molar-refractivity contribution in [2.45, 2.75) is 46.3 Å². The van der Waals surface area contributed by atoms with E-state index in [1.54, 1.807) is 12.1 Å². The zero-order valence-electron chi connectivity index (χ0n) is 15.2. The average Bonchev–Trinajstić information content (AvgIpc) is 2.56. The predicted molar refractivity (Wildman–Crippen MR) is 99.0 cm³/mol. The number of likely N-dealkylation sites (tertiary alicyclic amines) is 1. The topological polar surface area (TPSA) is 29.5 Å². The summed E-state index contributed by atoms with van der Waals surface area (Å²) in [5.41, 5.74) is 1.93. The normalized spacial score (nSPS) is 24.8. The lowest BCUT2D eigenvalue weighted by molar-refractivity contribution is -0.0228. The van der Waals surface area contributed by atoms with Gasteiger partial charge in [-0.2, -0.15) is 0 Å². The molecule has 24 heavy (non-hydrogen) atoms. The number of hydrogen-bond donors (Lipinski definition) is 0. The van der Waals surface area contributed by atoms with E-state index in [-0.39, 0.29) is 12.1 Å². The second-order valence-corrected chi connectivity index (χ2v) is 7.00. The Labute approximate surface area is 146 Å². The van der Waals surface area contributed by atoms with Crippen molar-refractivity contribution in [2.75, 3.05) is 13.1 Å². The van der Waals surface area contributed by atoms with E-state index in [0.717, 1.165) is 19.5 Å². The van der Waals surface area contributed by atoms with Crippen LogP contribution in [0.25, 0.3) is 0 Å². The second kappa shape index (κ2) is 8.84. The van der Waals surface area contributed by atoms with Gasteiger partial charge in [0.1, 0.15) is 6.10 Å². The number of carbonyl (C=O) groups excluding carboxylic acids is 1. The summed E-state index contributed by atoms with van der Waals surface area (Å²) in [7, 11) is 0. The van der Waals surface area contributed by atoms with Crippen LogP contribution in [-0.4, -0.2) is 36.1 Å². The molecule has 0 radical (unpaired) electrons. The van der Waals surface area contributed by atoms with E-state index in [2.05, 4.69) is 50.8 Å². The van der Waals surface area contributed by atoms with E-state index < -0.39 is 0 Å². The van der Waals surface area contributed by atoms with Crippen molar-refractivity contribution in [3.05, 3.63) is 59.7 Å². The molecule has 0 aromatic heterocycles. The number of carbonyl (C=O) groups is 1. The fraction of sp³-hybridized carbons (Fsp3) is 0.476. The van der Waals surface area contributed by atoms with Crippen LogP contribution in [-0.2, 0) is 4.74 Å². The number of allylic oxidation sites excluding steroid dienone is 3. The number of rotatable bonds is 5. The third-order valence-corrected chi connectivity index (χ3v) is 4.53. The Morgan fingerprint density at radius 2 is 1.96 bits per heavy atom. The minimum Gasteiger partial charge on any atom is -0.458 e. The van der Waals surface area contributed by atoms with Gasteiger partial charge in [-0.05, 0) is 32.9 Å². The van der Waals surface area contributed by atoms with Crippen molar-refractivity contribution >= 4 is 5.97 Å². The minimum absolute atomic E-state index is 0.00859. The maximum absolute atomic E-state index is 12.3. The molecular formula is C21H29NO2. The van der Waals surface area contributed by atoms with Gasteiger partial charge >= 0.3 is 5.97 Å². The molecule has 3 atom stereocenters. The second-order valence-electron chi connectivity index (χ2n) is 7.00. The van der Waals surface area contributed by atoms with E-state index in [4.69, 9.17) is 4.74 Å². The van der Waals surface area contributed by atoms with Gasteiger partial charge in [0.2, 0.25) is 0 Å². The van der Waals surface area contributed by atoms with Gasteiger partial charge in [0.25, 0.3) is 0 Å². The Kier molecular flexibility index (Phi) is 6.80. The maximum Gasteiger partial charge on any atom is 0.338 e. The number of nitrogens with zero attached hydrogens (tertiary/aromatic N) is 1. The molecule has 3 unspecified atom stereocenters. The molecule has 0 N–H and O–H groups in total. The number of hydrogen-bond acceptors (Lipinski definition) is 3. The van der Waals surface area contributed by atoms with Gasteiger partial charge in [-0.25, -0.2) is 4.79 Å². The molecule has 2 rings (SSSR count). The lowest BCUT2D eigenvalue weighted by atomic mass is 9.91. The van der Waals surface area contributed by atoms with Gasteiger partial charge in [0, 0.05) is 31.5 Å². The molecule has 0 amide bonds. The molecule has 1 saturated heterocycles. The number of piperidine rings is 1. The van der Waals surface area contributed by atoms with Crippen LogP contribution in [0.1, 0.15) is 44.5 Å². The van der Waals surface area contributed by atoms with Gasteiger partial charge < -0.3 is 4.74 Å². The van der Waals surface area contributed by atoms with Crippen molar-refractivity contribution in [1.82, 2.24) is 4.90 Å². The molecule has 130 valence electrons. The Morgan fingerprint density at radius 3 is 2.62 bits per heavy atom. The minimum atomic E-state index is -0.212. The molecule has 1 aliphatic heterocycles. The highest BCUT2D eigenvalue weighted by Gasteiger charge is 2.33. The fourth-order valence-corrected chi connectivity index (χ4v) is 3.04. The zero-order valence-corrected chi connectivity index (χ0v) is 15.2. The van der Waals surface area contributed by atoms with Gasteiger partial charge in [-0.1, -0.05) is 48.9 Å². The summed E-state index contributed by atoms with van der Waals surface area (Å²) in [5, 5.41) is 0. The molecule has 1 fully saturated rings. The van der Waals surface area contributed by atoms with Crippen LogP contribution in [0.15, 0.2) is 54.1 Å². The Bertz CT molecular complexity index is 587. The van der Waals surface area contributed by atoms with Crippen molar-refractivity contribution in [1.29, 1.82) is 0 Å². The molecular weight excluding hydrogens is 298 g/mol. The van der Waals surface area contributed by atoms with E-state index in [0.29, 0.717) is 17.5 Å². The predicted octanol–water partition coefficient (Wildman–Crippen LogP) is 4.46. The van der Waals surface area contributed by atoms with Crippen molar-refractivity contribution in [3.8, 4) is 0 Å². The molecule has 1 heterocycles. The lowest BCUT2D eigenvalue weighted by Gasteiger charge is -2.40. The van der Waals surface area contributed by atoms with Gasteiger partial charge in [-0.3, -0.25) is 4.90 Å². The zero-order chi connectivity index (χ0) is 17.5. The Hall–Kier alpha value is -1.87. The fourth-order valence-electron chi connectivity index (χ4n) is 3.04. The molecule has 0 bridgehead atoms. The molecule has 1 aliphatic rings. The highest BCUT2D eigenvalue weighted by atomic mass is 16.5. The van der Waals surface area contributed by atoms with Crippen LogP contribution in [0.4, 0.5) is 0 Å². The van der Waals surface area contributed by atoms with Gasteiger partial charge in [-0.15, -0.1) is 0 Å².